The van der Waals surface area contributed by atoms with E-state index in [1.165, 1.54) is 0 Å². The fraction of sp³-hybridized carbons (Fsp3) is 1.00. The van der Waals surface area contributed by atoms with Crippen molar-refractivity contribution in [2.75, 3.05) is 6.61 Å². The van der Waals surface area contributed by atoms with Crippen molar-refractivity contribution in [3.63, 3.8) is 0 Å². The van der Waals surface area contributed by atoms with Crippen molar-refractivity contribution in [3.05, 3.63) is 0 Å². The molecule has 0 aliphatic heterocycles. The Morgan fingerprint density at radius 3 is 1.57 bits per heavy atom. The van der Waals surface area contributed by atoms with E-state index in [1.807, 2.05) is 13.8 Å². The maximum absolute atomic E-state index is 8.14. The summed E-state index contributed by atoms with van der Waals surface area (Å²) in [4.78, 5) is 0. The normalized spacial score (nSPS) is 6.86. The number of hydrogen-bond donors (Lipinski definition) is 1. The molecule has 7 heavy (non-hydrogen) atoms. The van der Waals surface area contributed by atoms with Gasteiger partial charge in [0.05, 0.1) is 0 Å². The Hall–Kier alpha value is 1.30. The average Bonchev–Trinajstić information content (AvgIpc) is 1.38. The van der Waals surface area contributed by atoms with E-state index in [-0.39, 0.29) is 41.2 Å². The molecule has 0 aromatic heterocycles. The van der Waals surface area contributed by atoms with Crippen molar-refractivity contribution in [2.45, 2.75) is 13.8 Å². The molecule has 0 rings (SSSR count). The van der Waals surface area contributed by atoms with Crippen LogP contribution in [0.2, 0.25) is 0 Å². The van der Waals surface area contributed by atoms with Crippen LogP contribution < -0.4 is 0 Å². The van der Waals surface area contributed by atoms with Crippen LogP contribution in [0.5, 0.6) is 0 Å². The largest absolute Gasteiger partial charge is 0.396 e. The molecule has 0 aliphatic rings. The second-order valence-electron chi connectivity index (χ2n) is 1.58. The zero-order valence-corrected chi connectivity index (χ0v) is 7.88. The summed E-state index contributed by atoms with van der Waals surface area (Å²) in [5.41, 5.74) is 0. The summed E-state index contributed by atoms with van der Waals surface area (Å²) in [6, 6.07) is 0. The Morgan fingerprint density at radius 1 is 1.43 bits per heavy atom. The van der Waals surface area contributed by atoms with Gasteiger partial charge in [-0.05, 0) is 5.92 Å². The Balaban J connectivity index is -0.0000000800. The summed E-state index contributed by atoms with van der Waals surface area (Å²) >= 11 is 0. The Labute approximate surface area is 72.5 Å². The van der Waals surface area contributed by atoms with E-state index in [0.29, 0.717) is 12.5 Å². The van der Waals surface area contributed by atoms with E-state index < -0.39 is 0 Å². The van der Waals surface area contributed by atoms with Gasteiger partial charge in [-0.1, -0.05) is 13.8 Å². The first kappa shape index (κ1) is 15.7. The summed E-state index contributed by atoms with van der Waals surface area (Å²) in [6.07, 6.45) is 0. The van der Waals surface area contributed by atoms with Gasteiger partial charge in [0.1, 0.15) is 0 Å². The monoisotopic (exact) mass is 224 g/mol. The van der Waals surface area contributed by atoms with Crippen LogP contribution >= 0.6 is 0 Å². The minimum Gasteiger partial charge on any atom is -0.396 e. The van der Waals surface area contributed by atoms with E-state index >= 15 is 0 Å². The molecular weight excluding hydrogens is 213 g/mol. The van der Waals surface area contributed by atoms with E-state index in [9.17, 15) is 0 Å². The average molecular weight is 223 g/mol. The fourth-order valence-corrected chi connectivity index (χ4v) is 0. The first-order valence-electron chi connectivity index (χ1n) is 1.88. The van der Waals surface area contributed by atoms with Crippen LogP contribution in [0.25, 0.3) is 0 Å². The van der Waals surface area contributed by atoms with Crippen molar-refractivity contribution >= 4 is 0 Å². The number of aliphatic hydroxyl groups is 1. The molecule has 0 radical (unpaired) electrons. The molecule has 0 aromatic carbocycles. The van der Waals surface area contributed by atoms with Gasteiger partial charge in [0.25, 0.3) is 0 Å². The first-order valence-corrected chi connectivity index (χ1v) is 1.88. The molecule has 44 valence electrons. The first-order chi connectivity index (χ1) is 2.27. The molecule has 0 unspecified atom stereocenters. The summed E-state index contributed by atoms with van der Waals surface area (Å²) in [6.45, 7) is 4.25. The smallest absolute Gasteiger partial charge is 0.0453 e. The van der Waals surface area contributed by atoms with Crippen molar-refractivity contribution in [1.82, 2.24) is 0 Å². The van der Waals surface area contributed by atoms with Crippen molar-refractivity contribution in [3.8, 4) is 0 Å². The molecule has 0 bridgehead atoms. The maximum atomic E-state index is 8.14. The van der Waals surface area contributed by atoms with Crippen LogP contribution in [0.3, 0.4) is 0 Å². The predicted molar refractivity (Wildman–Crippen MR) is 21.9 cm³/mol. The molecule has 0 aliphatic carbocycles. The quantitative estimate of drug-likeness (QED) is 0.646. The zero-order chi connectivity index (χ0) is 4.28. The van der Waals surface area contributed by atoms with Gasteiger partial charge in [-0.2, -0.15) is 0 Å². The number of rotatable bonds is 1. The van der Waals surface area contributed by atoms with Crippen LogP contribution in [0.1, 0.15) is 13.8 Å². The molecule has 1 nitrogen and oxygen atoms in total. The van der Waals surface area contributed by atoms with Gasteiger partial charge in [-0.25, -0.2) is 0 Å². The van der Waals surface area contributed by atoms with Gasteiger partial charge in [-0.3, -0.25) is 0 Å². The molecule has 0 heterocycles. The molecule has 0 spiro atoms. The molecule has 0 saturated heterocycles. The summed E-state index contributed by atoms with van der Waals surface area (Å²) in [5.74, 6) is 0.440. The Morgan fingerprint density at radius 2 is 1.57 bits per heavy atom. The maximum Gasteiger partial charge on any atom is 0.0453 e. The topological polar surface area (TPSA) is 20.2 Å². The third-order valence-corrected chi connectivity index (χ3v) is 0.365. The van der Waals surface area contributed by atoms with Gasteiger partial charge >= 0.3 is 0 Å². The fourth-order valence-electron chi connectivity index (χ4n) is 0. The third kappa shape index (κ3) is 18.8. The van der Waals surface area contributed by atoms with Gasteiger partial charge in [0, 0.05) is 47.8 Å². The molecule has 0 amide bonds. The summed E-state index contributed by atoms with van der Waals surface area (Å²) < 4.78 is 0. The van der Waals surface area contributed by atoms with Gasteiger partial charge in [0.15, 0.2) is 0 Å². The van der Waals surface area contributed by atoms with E-state index in [4.69, 9.17) is 5.11 Å². The molecule has 0 fully saturated rings. The summed E-state index contributed by atoms with van der Waals surface area (Å²) in [5, 5.41) is 8.14. The molecule has 1 N–H and O–H groups in total. The number of aliphatic hydroxyl groups excluding tert-OH is 1. The van der Waals surface area contributed by atoms with Crippen LogP contribution in [-0.4, -0.2) is 11.7 Å². The minimum absolute atomic E-state index is 0. The third-order valence-electron chi connectivity index (χ3n) is 0.365. The summed E-state index contributed by atoms with van der Waals surface area (Å²) in [7, 11) is 0. The molecule has 0 saturated carbocycles. The molecule has 0 aromatic rings. The van der Waals surface area contributed by atoms with E-state index in [1.54, 1.807) is 0 Å². The SMILES string of the molecule is CC(C)CO.[Ru].[Ti]. The Kier molecular flexibility index (Phi) is 23.2. The van der Waals surface area contributed by atoms with Crippen LogP contribution in [-0.2, 0) is 41.2 Å². The van der Waals surface area contributed by atoms with E-state index in [2.05, 4.69) is 0 Å². The van der Waals surface area contributed by atoms with Crippen molar-refractivity contribution < 1.29 is 46.3 Å². The molecular formula is C4H10ORuTi. The van der Waals surface area contributed by atoms with Crippen LogP contribution in [0.4, 0.5) is 0 Å². The van der Waals surface area contributed by atoms with Crippen LogP contribution in [0.15, 0.2) is 0 Å². The van der Waals surface area contributed by atoms with E-state index in [0.717, 1.165) is 0 Å². The van der Waals surface area contributed by atoms with Crippen molar-refractivity contribution in [1.29, 1.82) is 0 Å². The van der Waals surface area contributed by atoms with Gasteiger partial charge < -0.3 is 5.11 Å². The molecule has 0 atom stereocenters. The zero-order valence-electron chi connectivity index (χ0n) is 4.59. The van der Waals surface area contributed by atoms with Crippen LogP contribution in [0, 0.1) is 5.92 Å². The second kappa shape index (κ2) is 10.3. The predicted octanol–water partition coefficient (Wildman–Crippen LogP) is 0.630. The standard InChI is InChI=1S/C4H10O.Ru.Ti/c1-4(2)3-5;;/h4-5H,3H2,1-2H3;;. The molecule has 3 heteroatoms. The van der Waals surface area contributed by atoms with Gasteiger partial charge in [-0.15, -0.1) is 0 Å². The van der Waals surface area contributed by atoms with Crippen molar-refractivity contribution in [2.24, 2.45) is 5.92 Å². The number of hydrogen-bond acceptors (Lipinski definition) is 1. The Bertz CT molecular complexity index is 25.7. The minimum atomic E-state index is 0. The second-order valence-corrected chi connectivity index (χ2v) is 1.58. The van der Waals surface area contributed by atoms with Gasteiger partial charge in [0.2, 0.25) is 0 Å².